The molecule has 0 aliphatic rings. The molecule has 90 valence electrons. The highest BCUT2D eigenvalue weighted by Crippen LogP contribution is 2.24. The van der Waals surface area contributed by atoms with Crippen molar-refractivity contribution < 1.29 is 0 Å². The van der Waals surface area contributed by atoms with E-state index in [9.17, 15) is 0 Å². The Balaban J connectivity index is 2.46. The van der Waals surface area contributed by atoms with Gasteiger partial charge in [-0.15, -0.1) is 0 Å². The Morgan fingerprint density at radius 2 is 1.94 bits per heavy atom. The maximum Gasteiger partial charge on any atom is 0.0438 e. The summed E-state index contributed by atoms with van der Waals surface area (Å²) in [6, 6.07) is 8.08. The number of rotatable bonds is 4. The van der Waals surface area contributed by atoms with Gasteiger partial charge in [-0.05, 0) is 18.1 Å². The van der Waals surface area contributed by atoms with E-state index in [0.29, 0.717) is 0 Å². The lowest BCUT2D eigenvalue weighted by Crippen LogP contribution is -2.28. The van der Waals surface area contributed by atoms with Crippen LogP contribution in [0.2, 0.25) is 5.02 Å². The van der Waals surface area contributed by atoms with Crippen LogP contribution in [-0.4, -0.2) is 16.5 Å². The molecule has 0 bridgehead atoms. The molecule has 0 radical (unpaired) electrons. The molecule has 16 heavy (non-hydrogen) atoms. The summed E-state index contributed by atoms with van der Waals surface area (Å²) in [5.41, 5.74) is 7.25. The summed E-state index contributed by atoms with van der Waals surface area (Å²) >= 11 is 7.99. The van der Waals surface area contributed by atoms with Crippen molar-refractivity contribution in [1.82, 2.24) is 0 Å². The summed E-state index contributed by atoms with van der Waals surface area (Å²) in [6.45, 7) is 6.62. The molecular formula is C13H20ClNS. The van der Waals surface area contributed by atoms with E-state index in [0.717, 1.165) is 22.8 Å². The Kier molecular flexibility index (Phi) is 5.16. The normalized spacial score (nSPS) is 13.8. The average Bonchev–Trinajstić information content (AvgIpc) is 2.18. The molecule has 0 amide bonds. The maximum atomic E-state index is 6.10. The fourth-order valence-electron chi connectivity index (χ4n) is 1.36. The quantitative estimate of drug-likeness (QED) is 0.889. The summed E-state index contributed by atoms with van der Waals surface area (Å²) in [7, 11) is 0. The van der Waals surface area contributed by atoms with Gasteiger partial charge in [-0.3, -0.25) is 0 Å². The van der Waals surface area contributed by atoms with Gasteiger partial charge < -0.3 is 5.73 Å². The third kappa shape index (κ3) is 5.24. The number of hydrogen-bond acceptors (Lipinski definition) is 2. The molecule has 0 saturated carbocycles. The largest absolute Gasteiger partial charge is 0.327 e. The van der Waals surface area contributed by atoms with Gasteiger partial charge in [0.25, 0.3) is 0 Å². The van der Waals surface area contributed by atoms with Gasteiger partial charge in [0, 0.05) is 21.6 Å². The Labute approximate surface area is 108 Å². The smallest absolute Gasteiger partial charge is 0.0438 e. The van der Waals surface area contributed by atoms with Crippen LogP contribution in [0.3, 0.4) is 0 Å². The molecule has 0 fully saturated rings. The fourth-order valence-corrected chi connectivity index (χ4v) is 2.41. The van der Waals surface area contributed by atoms with E-state index in [2.05, 4.69) is 20.8 Å². The van der Waals surface area contributed by atoms with E-state index >= 15 is 0 Å². The van der Waals surface area contributed by atoms with Crippen molar-refractivity contribution in [3.63, 3.8) is 0 Å². The Morgan fingerprint density at radius 1 is 1.31 bits per heavy atom. The topological polar surface area (TPSA) is 26.0 Å². The van der Waals surface area contributed by atoms with Crippen LogP contribution in [0.25, 0.3) is 0 Å². The van der Waals surface area contributed by atoms with Gasteiger partial charge in [0.05, 0.1) is 0 Å². The molecule has 1 atom stereocenters. The molecule has 1 aromatic rings. The number of halogens is 1. The molecule has 1 aromatic carbocycles. The molecule has 3 heteroatoms. The van der Waals surface area contributed by atoms with Crippen molar-refractivity contribution in [2.24, 2.45) is 5.73 Å². The van der Waals surface area contributed by atoms with Gasteiger partial charge in [-0.1, -0.05) is 50.6 Å². The molecule has 2 N–H and O–H groups in total. The van der Waals surface area contributed by atoms with Crippen molar-refractivity contribution in [3.8, 4) is 0 Å². The zero-order valence-electron chi connectivity index (χ0n) is 10.2. The number of benzene rings is 1. The molecule has 0 aliphatic heterocycles. The summed E-state index contributed by atoms with van der Waals surface area (Å²) < 4.78 is 0.276. The zero-order valence-corrected chi connectivity index (χ0v) is 11.7. The summed E-state index contributed by atoms with van der Waals surface area (Å²) in [5, 5.41) is 0.818. The van der Waals surface area contributed by atoms with Gasteiger partial charge in [-0.25, -0.2) is 0 Å². The van der Waals surface area contributed by atoms with Crippen LogP contribution in [0, 0.1) is 0 Å². The number of nitrogens with two attached hydrogens (primary N) is 1. The first kappa shape index (κ1) is 13.9. The lowest BCUT2D eigenvalue weighted by atomic mass is 10.1. The fraction of sp³-hybridized carbons (Fsp3) is 0.538. The van der Waals surface area contributed by atoms with Crippen LogP contribution in [-0.2, 0) is 6.42 Å². The average molecular weight is 258 g/mol. The van der Waals surface area contributed by atoms with Gasteiger partial charge in [-0.2, -0.15) is 11.8 Å². The van der Waals surface area contributed by atoms with Crippen molar-refractivity contribution >= 4 is 23.4 Å². The van der Waals surface area contributed by atoms with E-state index in [1.807, 2.05) is 36.0 Å². The van der Waals surface area contributed by atoms with Crippen molar-refractivity contribution in [1.29, 1.82) is 0 Å². The Hall–Kier alpha value is -0.180. The monoisotopic (exact) mass is 257 g/mol. The SMILES string of the molecule is CC(C)(C)SCC(N)Cc1ccccc1Cl. The molecule has 0 saturated heterocycles. The molecule has 1 rings (SSSR count). The van der Waals surface area contributed by atoms with Crippen molar-refractivity contribution in [3.05, 3.63) is 34.9 Å². The van der Waals surface area contributed by atoms with Gasteiger partial charge >= 0.3 is 0 Å². The van der Waals surface area contributed by atoms with Gasteiger partial charge in [0.2, 0.25) is 0 Å². The first-order valence-corrected chi connectivity index (χ1v) is 6.88. The Morgan fingerprint density at radius 3 is 2.50 bits per heavy atom. The van der Waals surface area contributed by atoms with E-state index in [1.54, 1.807) is 0 Å². The van der Waals surface area contributed by atoms with Crippen LogP contribution in [0.4, 0.5) is 0 Å². The zero-order chi connectivity index (χ0) is 12.2. The molecule has 0 aliphatic carbocycles. The first-order valence-electron chi connectivity index (χ1n) is 5.51. The maximum absolute atomic E-state index is 6.10. The molecule has 1 nitrogen and oxygen atoms in total. The molecule has 0 aromatic heterocycles. The minimum atomic E-state index is 0.170. The summed E-state index contributed by atoms with van der Waals surface area (Å²) in [5.74, 6) is 0.967. The minimum Gasteiger partial charge on any atom is -0.327 e. The van der Waals surface area contributed by atoms with Crippen molar-refractivity contribution in [2.45, 2.75) is 38.0 Å². The number of hydrogen-bond donors (Lipinski definition) is 1. The van der Waals surface area contributed by atoms with Crippen LogP contribution < -0.4 is 5.73 Å². The number of thioether (sulfide) groups is 1. The molecule has 1 unspecified atom stereocenters. The first-order chi connectivity index (χ1) is 7.38. The minimum absolute atomic E-state index is 0.170. The highest BCUT2D eigenvalue weighted by atomic mass is 35.5. The van der Waals surface area contributed by atoms with Gasteiger partial charge in [0.1, 0.15) is 0 Å². The molecule has 0 spiro atoms. The predicted octanol–water partition coefficient (Wildman–Crippen LogP) is 3.74. The second-order valence-corrected chi connectivity index (χ2v) is 7.23. The van der Waals surface area contributed by atoms with Gasteiger partial charge in [0.15, 0.2) is 0 Å². The summed E-state index contributed by atoms with van der Waals surface area (Å²) in [4.78, 5) is 0. The van der Waals surface area contributed by atoms with Crippen LogP contribution in [0.1, 0.15) is 26.3 Å². The van der Waals surface area contributed by atoms with Crippen molar-refractivity contribution in [2.75, 3.05) is 5.75 Å². The van der Waals surface area contributed by atoms with E-state index < -0.39 is 0 Å². The highest BCUT2D eigenvalue weighted by Gasteiger charge is 2.14. The third-order valence-electron chi connectivity index (χ3n) is 2.17. The molecule has 0 heterocycles. The van der Waals surface area contributed by atoms with Crippen LogP contribution in [0.5, 0.6) is 0 Å². The Bertz CT molecular complexity index is 333. The lowest BCUT2D eigenvalue weighted by Gasteiger charge is -2.20. The second-order valence-electron chi connectivity index (χ2n) is 4.98. The standard InChI is InChI=1S/C13H20ClNS/c1-13(2,3)16-9-11(15)8-10-6-4-5-7-12(10)14/h4-7,11H,8-9,15H2,1-3H3. The molecular weight excluding hydrogens is 238 g/mol. The summed E-state index contributed by atoms with van der Waals surface area (Å²) in [6.07, 6.45) is 0.850. The third-order valence-corrected chi connectivity index (χ3v) is 4.00. The second kappa shape index (κ2) is 5.95. The van der Waals surface area contributed by atoms with Crippen LogP contribution >= 0.6 is 23.4 Å². The predicted molar refractivity (Wildman–Crippen MR) is 75.3 cm³/mol. The van der Waals surface area contributed by atoms with Crippen LogP contribution in [0.15, 0.2) is 24.3 Å². The van der Waals surface area contributed by atoms with E-state index in [1.165, 1.54) is 0 Å². The lowest BCUT2D eigenvalue weighted by molar-refractivity contribution is 0.734. The highest BCUT2D eigenvalue weighted by molar-refractivity contribution is 8.00. The van der Waals surface area contributed by atoms with E-state index in [-0.39, 0.29) is 10.8 Å². The van der Waals surface area contributed by atoms with E-state index in [4.69, 9.17) is 17.3 Å².